The van der Waals surface area contributed by atoms with E-state index in [1.807, 2.05) is 19.1 Å². The summed E-state index contributed by atoms with van der Waals surface area (Å²) >= 11 is 0. The summed E-state index contributed by atoms with van der Waals surface area (Å²) < 4.78 is 5.83. The fourth-order valence-corrected chi connectivity index (χ4v) is 3.61. The van der Waals surface area contributed by atoms with Crippen LogP contribution in [0, 0.1) is 6.92 Å². The Labute approximate surface area is 165 Å². The van der Waals surface area contributed by atoms with E-state index in [4.69, 9.17) is 4.74 Å². The van der Waals surface area contributed by atoms with Crippen LogP contribution in [-0.4, -0.2) is 67.6 Å². The second-order valence-electron chi connectivity index (χ2n) is 7.85. The molecule has 1 aromatic carbocycles. The number of benzene rings is 1. The lowest BCUT2D eigenvalue weighted by Gasteiger charge is -2.34. The molecule has 0 aromatic heterocycles. The largest absolute Gasteiger partial charge is 0.481 e. The molecule has 0 bridgehead atoms. The highest BCUT2D eigenvalue weighted by Gasteiger charge is 2.17. The maximum atomic E-state index is 12.3. The number of hydrogen-bond donors (Lipinski definition) is 1. The first-order valence-electron chi connectivity index (χ1n) is 10.4. The van der Waals surface area contributed by atoms with E-state index in [9.17, 15) is 4.79 Å². The van der Waals surface area contributed by atoms with Crippen LogP contribution in [0.2, 0.25) is 0 Å². The van der Waals surface area contributed by atoms with Gasteiger partial charge in [0.1, 0.15) is 5.75 Å². The van der Waals surface area contributed by atoms with E-state index in [2.05, 4.69) is 48.9 Å². The fraction of sp³-hybridized carbons (Fsp3) is 0.682. The van der Waals surface area contributed by atoms with E-state index in [1.54, 1.807) is 0 Å². The lowest BCUT2D eigenvalue weighted by atomic mass is 9.98. The summed E-state index contributed by atoms with van der Waals surface area (Å²) in [6, 6.07) is 6.08. The molecule has 1 amide bonds. The van der Waals surface area contributed by atoms with Crippen LogP contribution in [0.25, 0.3) is 0 Å². The van der Waals surface area contributed by atoms with E-state index in [1.165, 1.54) is 11.1 Å². The Bertz CT molecular complexity index is 595. The van der Waals surface area contributed by atoms with Gasteiger partial charge in [0.25, 0.3) is 5.91 Å². The molecule has 0 saturated carbocycles. The van der Waals surface area contributed by atoms with Crippen molar-refractivity contribution in [3.8, 4) is 5.75 Å². The summed E-state index contributed by atoms with van der Waals surface area (Å²) in [7, 11) is 0. The minimum absolute atomic E-state index is 0.0450. The first-order chi connectivity index (χ1) is 12.9. The normalized spacial score (nSPS) is 17.1. The standard InChI is InChI=1S/C22H37N3O2/c1-6-24-12-14-25(15-13-24)11-7-10-23-22(26)19(5)27-20-8-9-21(17(2)3)18(4)16-20/h8-9,16-17,19H,6-7,10-15H2,1-5H3,(H,23,26). The quantitative estimate of drug-likeness (QED) is 0.674. The zero-order valence-corrected chi connectivity index (χ0v) is 17.8. The maximum Gasteiger partial charge on any atom is 0.260 e. The number of amides is 1. The van der Waals surface area contributed by atoms with Gasteiger partial charge < -0.3 is 19.9 Å². The molecule has 1 N–H and O–H groups in total. The summed E-state index contributed by atoms with van der Waals surface area (Å²) in [5, 5.41) is 3.01. The Morgan fingerprint density at radius 1 is 1.15 bits per heavy atom. The van der Waals surface area contributed by atoms with Gasteiger partial charge >= 0.3 is 0 Å². The van der Waals surface area contributed by atoms with Crippen molar-refractivity contribution >= 4 is 5.91 Å². The third-order valence-corrected chi connectivity index (χ3v) is 5.41. The summed E-state index contributed by atoms with van der Waals surface area (Å²) in [5.41, 5.74) is 2.53. The molecule has 27 heavy (non-hydrogen) atoms. The third-order valence-electron chi connectivity index (χ3n) is 5.41. The van der Waals surface area contributed by atoms with Crippen LogP contribution in [0.3, 0.4) is 0 Å². The minimum atomic E-state index is -0.484. The minimum Gasteiger partial charge on any atom is -0.481 e. The van der Waals surface area contributed by atoms with Crippen molar-refractivity contribution in [2.75, 3.05) is 45.8 Å². The van der Waals surface area contributed by atoms with E-state index in [0.717, 1.165) is 51.4 Å². The fourth-order valence-electron chi connectivity index (χ4n) is 3.61. The van der Waals surface area contributed by atoms with Gasteiger partial charge in [-0.25, -0.2) is 0 Å². The summed E-state index contributed by atoms with van der Waals surface area (Å²) in [4.78, 5) is 17.2. The molecule has 2 rings (SSSR count). The van der Waals surface area contributed by atoms with Gasteiger partial charge in [0.2, 0.25) is 0 Å². The van der Waals surface area contributed by atoms with Crippen LogP contribution in [0.1, 0.15) is 51.2 Å². The van der Waals surface area contributed by atoms with Crippen molar-refractivity contribution in [1.29, 1.82) is 0 Å². The predicted octanol–water partition coefficient (Wildman–Crippen LogP) is 3.03. The average Bonchev–Trinajstić information content (AvgIpc) is 2.65. The van der Waals surface area contributed by atoms with Gasteiger partial charge in [-0.05, 0) is 62.5 Å². The van der Waals surface area contributed by atoms with E-state index >= 15 is 0 Å². The highest BCUT2D eigenvalue weighted by molar-refractivity contribution is 5.80. The summed E-state index contributed by atoms with van der Waals surface area (Å²) in [6.45, 7) is 17.9. The number of nitrogens with zero attached hydrogens (tertiary/aromatic N) is 2. The molecule has 0 radical (unpaired) electrons. The highest BCUT2D eigenvalue weighted by Crippen LogP contribution is 2.24. The Morgan fingerprint density at radius 2 is 1.81 bits per heavy atom. The first kappa shape index (κ1) is 21.7. The molecule has 1 aromatic rings. The number of ether oxygens (including phenoxy) is 1. The molecule has 152 valence electrons. The SMILES string of the molecule is CCN1CCN(CCCNC(=O)C(C)Oc2ccc(C(C)C)c(C)c2)CC1. The molecular weight excluding hydrogens is 338 g/mol. The van der Waals surface area contributed by atoms with Crippen molar-refractivity contribution in [3.63, 3.8) is 0 Å². The first-order valence-corrected chi connectivity index (χ1v) is 10.4. The van der Waals surface area contributed by atoms with Gasteiger partial charge in [0, 0.05) is 32.7 Å². The lowest BCUT2D eigenvalue weighted by molar-refractivity contribution is -0.127. The van der Waals surface area contributed by atoms with E-state index in [0.29, 0.717) is 12.5 Å². The lowest BCUT2D eigenvalue weighted by Crippen LogP contribution is -2.46. The number of nitrogens with one attached hydrogen (secondary N) is 1. The Morgan fingerprint density at radius 3 is 2.41 bits per heavy atom. The monoisotopic (exact) mass is 375 g/mol. The molecule has 1 heterocycles. The van der Waals surface area contributed by atoms with E-state index in [-0.39, 0.29) is 5.91 Å². The van der Waals surface area contributed by atoms with Gasteiger partial charge in [-0.15, -0.1) is 0 Å². The Balaban J connectivity index is 1.67. The van der Waals surface area contributed by atoms with Crippen LogP contribution >= 0.6 is 0 Å². The molecule has 1 aliphatic rings. The topological polar surface area (TPSA) is 44.8 Å². The van der Waals surface area contributed by atoms with Gasteiger partial charge in [0.05, 0.1) is 0 Å². The number of hydrogen-bond acceptors (Lipinski definition) is 4. The molecule has 0 aliphatic carbocycles. The molecule has 1 fully saturated rings. The van der Waals surface area contributed by atoms with Crippen LogP contribution in [0.5, 0.6) is 5.75 Å². The number of aryl methyl sites for hydroxylation is 1. The van der Waals surface area contributed by atoms with Crippen molar-refractivity contribution in [1.82, 2.24) is 15.1 Å². The number of rotatable bonds is 9. The Kier molecular flexibility index (Phi) is 8.58. The maximum absolute atomic E-state index is 12.3. The van der Waals surface area contributed by atoms with Crippen molar-refractivity contribution in [3.05, 3.63) is 29.3 Å². The molecule has 0 spiro atoms. The van der Waals surface area contributed by atoms with Crippen LogP contribution in [0.15, 0.2) is 18.2 Å². The number of carbonyl (C=O) groups is 1. The molecule has 1 aliphatic heterocycles. The second-order valence-corrected chi connectivity index (χ2v) is 7.85. The van der Waals surface area contributed by atoms with Crippen LogP contribution < -0.4 is 10.1 Å². The zero-order valence-electron chi connectivity index (χ0n) is 17.8. The number of carbonyl (C=O) groups excluding carboxylic acids is 1. The van der Waals surface area contributed by atoms with Gasteiger partial charge in [-0.3, -0.25) is 4.79 Å². The zero-order chi connectivity index (χ0) is 19.8. The van der Waals surface area contributed by atoms with E-state index < -0.39 is 6.10 Å². The second kappa shape index (κ2) is 10.7. The molecule has 1 saturated heterocycles. The molecule has 5 nitrogen and oxygen atoms in total. The highest BCUT2D eigenvalue weighted by atomic mass is 16.5. The summed E-state index contributed by atoms with van der Waals surface area (Å²) in [5.74, 6) is 1.20. The van der Waals surface area contributed by atoms with Crippen molar-refractivity contribution in [2.45, 2.75) is 53.1 Å². The van der Waals surface area contributed by atoms with Crippen LogP contribution in [0.4, 0.5) is 0 Å². The van der Waals surface area contributed by atoms with Gasteiger partial charge in [0.15, 0.2) is 6.10 Å². The molecule has 1 atom stereocenters. The Hall–Kier alpha value is -1.59. The molecule has 5 heteroatoms. The number of likely N-dealkylation sites (N-methyl/N-ethyl adjacent to an activating group) is 1. The van der Waals surface area contributed by atoms with Crippen molar-refractivity contribution in [2.24, 2.45) is 0 Å². The van der Waals surface area contributed by atoms with Crippen molar-refractivity contribution < 1.29 is 9.53 Å². The van der Waals surface area contributed by atoms with Gasteiger partial charge in [-0.2, -0.15) is 0 Å². The smallest absolute Gasteiger partial charge is 0.260 e. The third kappa shape index (κ3) is 6.82. The number of piperazine rings is 1. The summed E-state index contributed by atoms with van der Waals surface area (Å²) in [6.07, 6.45) is 0.495. The predicted molar refractivity (Wildman–Crippen MR) is 112 cm³/mol. The average molecular weight is 376 g/mol. The van der Waals surface area contributed by atoms with Gasteiger partial charge in [-0.1, -0.05) is 26.8 Å². The molecule has 1 unspecified atom stereocenters. The van der Waals surface area contributed by atoms with Crippen LogP contribution in [-0.2, 0) is 4.79 Å². The molecular formula is C22H37N3O2.